The van der Waals surface area contributed by atoms with Gasteiger partial charge in [0, 0.05) is 31.8 Å². The van der Waals surface area contributed by atoms with Crippen LogP contribution in [0.1, 0.15) is 42.3 Å². The van der Waals surface area contributed by atoms with Gasteiger partial charge in [-0.05, 0) is 44.4 Å². The molecule has 1 atom stereocenters. The molecule has 0 aliphatic carbocycles. The molecule has 0 saturated heterocycles. The van der Waals surface area contributed by atoms with E-state index in [1.165, 1.54) is 11.1 Å². The first kappa shape index (κ1) is 18.4. The Bertz CT molecular complexity index is 715. The summed E-state index contributed by atoms with van der Waals surface area (Å²) in [6.45, 7) is 9.18. The van der Waals surface area contributed by atoms with Crippen molar-refractivity contribution in [3.8, 4) is 5.88 Å². The van der Waals surface area contributed by atoms with Gasteiger partial charge < -0.3 is 9.64 Å². The molecule has 0 aliphatic rings. The Labute approximate surface area is 150 Å². The number of nitrogens with zero attached hydrogens (tertiary/aromatic N) is 2. The van der Waals surface area contributed by atoms with Crippen LogP contribution in [0.4, 0.5) is 0 Å². The third-order valence-electron chi connectivity index (χ3n) is 4.34. The Morgan fingerprint density at radius 1 is 1.21 bits per heavy atom. The Morgan fingerprint density at radius 2 is 1.92 bits per heavy atom. The topological polar surface area (TPSA) is 25.4 Å². The van der Waals surface area contributed by atoms with Gasteiger partial charge >= 0.3 is 0 Å². The molecular weight excluding hydrogens is 316 g/mol. The highest BCUT2D eigenvalue weighted by atomic mass is 32.1. The van der Waals surface area contributed by atoms with Gasteiger partial charge in [0.2, 0.25) is 5.88 Å². The lowest BCUT2D eigenvalue weighted by Crippen LogP contribution is -2.26. The summed E-state index contributed by atoms with van der Waals surface area (Å²) in [6, 6.07) is 12.3. The molecular formula is C20H26N2OS. The quantitative estimate of drug-likeness (QED) is 0.713. The molecule has 1 heterocycles. The van der Waals surface area contributed by atoms with Crippen molar-refractivity contribution < 1.29 is 4.74 Å². The van der Waals surface area contributed by atoms with E-state index in [9.17, 15) is 0 Å². The van der Waals surface area contributed by atoms with Gasteiger partial charge in [0.25, 0.3) is 0 Å². The summed E-state index contributed by atoms with van der Waals surface area (Å²) in [6.07, 6.45) is 0.711. The second kappa shape index (κ2) is 8.25. The lowest BCUT2D eigenvalue weighted by atomic mass is 10.0. The highest BCUT2D eigenvalue weighted by Crippen LogP contribution is 2.23. The molecule has 4 heteroatoms. The molecule has 0 aliphatic heterocycles. The van der Waals surface area contributed by atoms with E-state index in [0.717, 1.165) is 29.2 Å². The van der Waals surface area contributed by atoms with E-state index in [1.807, 2.05) is 32.2 Å². The standard InChI is InChI=1S/C20H26N2OS/c1-6-22(5)20(24)13-17-11-12-19(21-15(17)3)23-16(4)18-10-8-7-9-14(18)2/h7-12,16H,6,13H2,1-5H3. The Hall–Kier alpha value is -1.94. The van der Waals surface area contributed by atoms with Gasteiger partial charge in [0.1, 0.15) is 6.10 Å². The number of pyridine rings is 1. The molecule has 0 radical (unpaired) electrons. The smallest absolute Gasteiger partial charge is 0.214 e. The second-order valence-corrected chi connectivity index (χ2v) is 6.57. The fraction of sp³-hybridized carbons (Fsp3) is 0.400. The van der Waals surface area contributed by atoms with E-state index < -0.39 is 0 Å². The Morgan fingerprint density at radius 3 is 2.54 bits per heavy atom. The molecule has 2 rings (SSSR count). The molecule has 128 valence electrons. The third-order valence-corrected chi connectivity index (χ3v) is 4.79. The predicted octanol–water partition coefficient (Wildman–Crippen LogP) is 4.66. The van der Waals surface area contributed by atoms with E-state index >= 15 is 0 Å². The first-order valence-electron chi connectivity index (χ1n) is 8.35. The number of likely N-dealkylation sites (N-methyl/N-ethyl adjacent to an activating group) is 1. The SMILES string of the molecule is CCN(C)C(=S)Cc1ccc(OC(C)c2ccccc2C)nc1C. The number of rotatable bonds is 6. The van der Waals surface area contributed by atoms with Crippen LogP contribution in [0.15, 0.2) is 36.4 Å². The maximum atomic E-state index is 6.04. The average molecular weight is 343 g/mol. The van der Waals surface area contributed by atoms with Crippen LogP contribution < -0.4 is 4.74 Å². The molecule has 1 unspecified atom stereocenters. The zero-order valence-corrected chi connectivity index (χ0v) is 16.0. The minimum atomic E-state index is -0.0312. The number of aryl methyl sites for hydroxylation is 2. The average Bonchev–Trinajstić information content (AvgIpc) is 2.56. The zero-order chi connectivity index (χ0) is 17.7. The molecule has 0 N–H and O–H groups in total. The Kier molecular flexibility index (Phi) is 6.32. The molecule has 0 bridgehead atoms. The van der Waals surface area contributed by atoms with Crippen LogP contribution in [0.3, 0.4) is 0 Å². The van der Waals surface area contributed by atoms with Crippen LogP contribution in [0.25, 0.3) is 0 Å². The summed E-state index contributed by atoms with van der Waals surface area (Å²) < 4.78 is 6.04. The van der Waals surface area contributed by atoms with E-state index in [4.69, 9.17) is 17.0 Å². The zero-order valence-electron chi connectivity index (χ0n) is 15.2. The van der Waals surface area contributed by atoms with Gasteiger partial charge in [-0.15, -0.1) is 0 Å². The van der Waals surface area contributed by atoms with E-state index in [2.05, 4.69) is 48.9 Å². The highest BCUT2D eigenvalue weighted by molar-refractivity contribution is 7.80. The molecule has 24 heavy (non-hydrogen) atoms. The van der Waals surface area contributed by atoms with E-state index in [1.54, 1.807) is 0 Å². The predicted molar refractivity (Wildman–Crippen MR) is 104 cm³/mol. The summed E-state index contributed by atoms with van der Waals surface area (Å²) >= 11 is 5.47. The molecule has 3 nitrogen and oxygen atoms in total. The molecule has 1 aromatic heterocycles. The maximum Gasteiger partial charge on any atom is 0.214 e. The van der Waals surface area contributed by atoms with Crippen LogP contribution >= 0.6 is 12.2 Å². The van der Waals surface area contributed by atoms with Gasteiger partial charge in [-0.2, -0.15) is 0 Å². The number of thiocarbonyl (C=S) groups is 1. The molecule has 2 aromatic rings. The largest absolute Gasteiger partial charge is 0.470 e. The van der Waals surface area contributed by atoms with Gasteiger partial charge in [0.05, 0.1) is 4.99 Å². The van der Waals surface area contributed by atoms with Crippen LogP contribution in [-0.2, 0) is 6.42 Å². The first-order valence-corrected chi connectivity index (χ1v) is 8.75. The van der Waals surface area contributed by atoms with Crippen molar-refractivity contribution in [3.05, 3.63) is 58.8 Å². The fourth-order valence-electron chi connectivity index (χ4n) is 2.58. The van der Waals surface area contributed by atoms with Crippen LogP contribution in [0, 0.1) is 13.8 Å². The summed E-state index contributed by atoms with van der Waals surface area (Å²) in [5, 5.41) is 0. The van der Waals surface area contributed by atoms with Crippen molar-refractivity contribution in [2.24, 2.45) is 0 Å². The lowest BCUT2D eigenvalue weighted by molar-refractivity contribution is 0.216. The van der Waals surface area contributed by atoms with Gasteiger partial charge in [-0.25, -0.2) is 4.98 Å². The van der Waals surface area contributed by atoms with Crippen molar-refractivity contribution in [3.63, 3.8) is 0 Å². The maximum absolute atomic E-state index is 6.04. The number of benzene rings is 1. The van der Waals surface area contributed by atoms with Crippen LogP contribution in [-0.4, -0.2) is 28.5 Å². The van der Waals surface area contributed by atoms with E-state index in [-0.39, 0.29) is 6.10 Å². The minimum Gasteiger partial charge on any atom is -0.470 e. The van der Waals surface area contributed by atoms with Gasteiger partial charge in [-0.1, -0.05) is 42.5 Å². The molecule has 0 amide bonds. The van der Waals surface area contributed by atoms with Crippen LogP contribution in [0.2, 0.25) is 0 Å². The summed E-state index contributed by atoms with van der Waals surface area (Å²) in [4.78, 5) is 7.62. The Balaban J connectivity index is 2.09. The van der Waals surface area contributed by atoms with Crippen molar-refractivity contribution in [2.45, 2.75) is 40.2 Å². The van der Waals surface area contributed by atoms with Crippen molar-refractivity contribution in [1.82, 2.24) is 9.88 Å². The molecule has 1 aromatic carbocycles. The first-order chi connectivity index (χ1) is 11.4. The molecule has 0 fully saturated rings. The monoisotopic (exact) mass is 342 g/mol. The van der Waals surface area contributed by atoms with Gasteiger partial charge in [-0.3, -0.25) is 0 Å². The number of hydrogen-bond donors (Lipinski definition) is 0. The number of hydrogen-bond acceptors (Lipinski definition) is 3. The normalized spacial score (nSPS) is 11.9. The van der Waals surface area contributed by atoms with Crippen molar-refractivity contribution in [1.29, 1.82) is 0 Å². The number of ether oxygens (including phenoxy) is 1. The van der Waals surface area contributed by atoms with E-state index in [0.29, 0.717) is 5.88 Å². The van der Waals surface area contributed by atoms with Crippen molar-refractivity contribution in [2.75, 3.05) is 13.6 Å². The van der Waals surface area contributed by atoms with Gasteiger partial charge in [0.15, 0.2) is 0 Å². The minimum absolute atomic E-state index is 0.0312. The molecule has 0 spiro atoms. The summed E-state index contributed by atoms with van der Waals surface area (Å²) in [5.74, 6) is 0.654. The fourth-order valence-corrected chi connectivity index (χ4v) is 2.87. The third kappa shape index (κ3) is 4.54. The summed E-state index contributed by atoms with van der Waals surface area (Å²) in [5.41, 5.74) is 4.53. The second-order valence-electron chi connectivity index (χ2n) is 6.10. The molecule has 0 saturated carbocycles. The number of aromatic nitrogens is 1. The summed E-state index contributed by atoms with van der Waals surface area (Å²) in [7, 11) is 2.02. The lowest BCUT2D eigenvalue weighted by Gasteiger charge is -2.19. The highest BCUT2D eigenvalue weighted by Gasteiger charge is 2.12. The van der Waals surface area contributed by atoms with Crippen LogP contribution in [0.5, 0.6) is 5.88 Å². The van der Waals surface area contributed by atoms with Crippen molar-refractivity contribution >= 4 is 17.2 Å².